The van der Waals surface area contributed by atoms with Gasteiger partial charge in [-0.2, -0.15) is 0 Å². The fraction of sp³-hybridized carbons (Fsp3) is 0.949. The number of alkyl carbamates (subject to hydrolysis) is 1. The number of likely N-dealkylation sites (tertiary alicyclic amines) is 2. The minimum atomic E-state index is -0.546. The van der Waals surface area contributed by atoms with Gasteiger partial charge in [-0.05, 0) is 111 Å². The van der Waals surface area contributed by atoms with Gasteiger partial charge in [0, 0.05) is 37.0 Å². The summed E-state index contributed by atoms with van der Waals surface area (Å²) in [4.78, 5) is 29.9. The molecule has 9 nitrogen and oxygen atoms in total. The lowest BCUT2D eigenvalue weighted by molar-refractivity contribution is -0.185. The van der Waals surface area contributed by atoms with Crippen LogP contribution in [-0.2, 0) is 14.2 Å². The highest BCUT2D eigenvalue weighted by atomic mass is 16.6. The van der Waals surface area contributed by atoms with Crippen LogP contribution < -0.4 is 5.32 Å². The van der Waals surface area contributed by atoms with E-state index in [9.17, 15) is 14.7 Å². The first-order chi connectivity index (χ1) is 22.6. The van der Waals surface area contributed by atoms with E-state index < -0.39 is 6.10 Å². The van der Waals surface area contributed by atoms with Gasteiger partial charge in [0.2, 0.25) is 0 Å². The smallest absolute Gasteiger partial charge is 0.410 e. The number of amides is 2. The van der Waals surface area contributed by atoms with Crippen LogP contribution in [0.15, 0.2) is 0 Å². The van der Waals surface area contributed by atoms with Gasteiger partial charge in [-0.25, -0.2) is 9.59 Å². The molecule has 8 aliphatic rings. The Kier molecular flexibility index (Phi) is 7.66. The fourth-order valence-corrected chi connectivity index (χ4v) is 14.2. The molecule has 0 radical (unpaired) electrons. The number of fused-ring (bicyclic) bond motifs is 4. The van der Waals surface area contributed by atoms with Gasteiger partial charge in [0.05, 0.1) is 24.4 Å². The molecule has 13 atom stereocenters. The fourth-order valence-electron chi connectivity index (χ4n) is 14.2. The molecule has 0 unspecified atom stereocenters. The van der Waals surface area contributed by atoms with Crippen LogP contribution in [0.25, 0.3) is 0 Å². The first-order valence-electron chi connectivity index (χ1n) is 19.5. The molecule has 0 aromatic carbocycles. The summed E-state index contributed by atoms with van der Waals surface area (Å²) in [6.45, 7) is 19.6. The van der Waals surface area contributed by atoms with Crippen LogP contribution in [0, 0.1) is 56.7 Å². The zero-order valence-corrected chi connectivity index (χ0v) is 30.9. The second-order valence-corrected chi connectivity index (χ2v) is 19.4. The third-order valence-corrected chi connectivity index (χ3v) is 16.8. The molecule has 0 bridgehead atoms. The van der Waals surface area contributed by atoms with Gasteiger partial charge in [0.15, 0.2) is 0 Å². The second-order valence-electron chi connectivity index (χ2n) is 19.4. The molecule has 2 N–H and O–H groups in total. The summed E-state index contributed by atoms with van der Waals surface area (Å²) in [5, 5.41) is 15.7. The molecule has 8 fully saturated rings. The summed E-state index contributed by atoms with van der Waals surface area (Å²) in [5.74, 6) is 1.76. The molecular formula is C39H63N3O6. The number of ether oxygens (including phenoxy) is 3. The van der Waals surface area contributed by atoms with Gasteiger partial charge >= 0.3 is 12.2 Å². The van der Waals surface area contributed by atoms with Crippen molar-refractivity contribution in [1.29, 1.82) is 0 Å². The van der Waals surface area contributed by atoms with E-state index in [0.717, 1.165) is 71.1 Å². The first-order valence-corrected chi connectivity index (χ1v) is 19.5. The van der Waals surface area contributed by atoms with Crippen molar-refractivity contribution in [2.75, 3.05) is 33.2 Å². The highest BCUT2D eigenvalue weighted by molar-refractivity contribution is 5.69. The lowest BCUT2D eigenvalue weighted by Crippen LogP contribution is -2.61. The normalized spacial score (nSPS) is 49.6. The molecule has 2 spiro atoms. The van der Waals surface area contributed by atoms with Gasteiger partial charge in [-0.3, -0.25) is 0 Å². The monoisotopic (exact) mass is 669 g/mol. The lowest BCUT2D eigenvalue weighted by atomic mass is 9.41. The number of hydrogen-bond donors (Lipinski definition) is 2. The molecule has 48 heavy (non-hydrogen) atoms. The van der Waals surface area contributed by atoms with E-state index in [4.69, 9.17) is 14.2 Å². The molecule has 3 heterocycles. The maximum atomic E-state index is 13.0. The van der Waals surface area contributed by atoms with Gasteiger partial charge < -0.3 is 34.4 Å². The molecule has 8 rings (SSSR count). The van der Waals surface area contributed by atoms with Crippen LogP contribution in [0.2, 0.25) is 0 Å². The summed E-state index contributed by atoms with van der Waals surface area (Å²) < 4.78 is 19.4. The summed E-state index contributed by atoms with van der Waals surface area (Å²) >= 11 is 0. The van der Waals surface area contributed by atoms with E-state index in [1.165, 1.54) is 12.8 Å². The molecule has 9 heteroatoms. The van der Waals surface area contributed by atoms with Crippen molar-refractivity contribution in [3.8, 4) is 0 Å². The Morgan fingerprint density at radius 1 is 0.979 bits per heavy atom. The minimum absolute atomic E-state index is 0.0147. The zero-order chi connectivity index (χ0) is 34.2. The van der Waals surface area contributed by atoms with Crippen LogP contribution in [0.1, 0.15) is 106 Å². The summed E-state index contributed by atoms with van der Waals surface area (Å²) in [5.41, 5.74) is 0.170. The third kappa shape index (κ3) is 4.37. The van der Waals surface area contributed by atoms with Crippen molar-refractivity contribution in [3.63, 3.8) is 0 Å². The molecule has 0 aromatic heterocycles. The summed E-state index contributed by atoms with van der Waals surface area (Å²) in [6.07, 6.45) is 7.94. The van der Waals surface area contributed by atoms with Gasteiger partial charge in [0.1, 0.15) is 12.2 Å². The maximum absolute atomic E-state index is 13.0. The van der Waals surface area contributed by atoms with Gasteiger partial charge in [-0.15, -0.1) is 0 Å². The quantitative estimate of drug-likeness (QED) is 0.366. The van der Waals surface area contributed by atoms with Crippen molar-refractivity contribution >= 4 is 12.2 Å². The Bertz CT molecular complexity index is 1310. The van der Waals surface area contributed by atoms with E-state index in [2.05, 4.69) is 65.7 Å². The van der Waals surface area contributed by atoms with Crippen LogP contribution in [0.5, 0.6) is 0 Å². The van der Waals surface area contributed by atoms with Crippen molar-refractivity contribution in [3.05, 3.63) is 0 Å². The number of nitrogens with zero attached hydrogens (tertiary/aromatic N) is 2. The van der Waals surface area contributed by atoms with E-state index in [1.807, 2.05) is 0 Å². The van der Waals surface area contributed by atoms with Crippen molar-refractivity contribution in [1.82, 2.24) is 15.1 Å². The predicted molar refractivity (Wildman–Crippen MR) is 182 cm³/mol. The van der Waals surface area contributed by atoms with Crippen LogP contribution in [0.3, 0.4) is 0 Å². The number of carbonyl (C=O) groups is 2. The molecule has 5 aliphatic carbocycles. The van der Waals surface area contributed by atoms with E-state index in [-0.39, 0.29) is 81.6 Å². The summed E-state index contributed by atoms with van der Waals surface area (Å²) in [6, 6.07) is 0.195. The van der Waals surface area contributed by atoms with E-state index in [0.29, 0.717) is 17.8 Å². The third-order valence-electron chi connectivity index (χ3n) is 16.8. The molecule has 3 aliphatic heterocycles. The number of aliphatic hydroxyl groups excluding tert-OH is 1. The minimum Gasteiger partial charge on any atom is -0.446 e. The van der Waals surface area contributed by atoms with Gasteiger partial charge in [-0.1, -0.05) is 48.5 Å². The number of likely N-dealkylation sites (N-methyl/N-ethyl adjacent to an activating group) is 1. The maximum Gasteiger partial charge on any atom is 0.410 e. The van der Waals surface area contributed by atoms with Crippen molar-refractivity contribution < 1.29 is 28.9 Å². The average Bonchev–Trinajstić information content (AvgIpc) is 3.60. The molecule has 5 saturated carbocycles. The lowest BCUT2D eigenvalue weighted by Gasteiger charge is -2.63. The van der Waals surface area contributed by atoms with E-state index >= 15 is 0 Å². The molecular weight excluding hydrogens is 606 g/mol. The molecule has 270 valence electrons. The highest BCUT2D eigenvalue weighted by Gasteiger charge is 2.84. The standard InChI is InChI=1S/C39H63N3O6/c1-22(2)30(48-34(45)42-16-9-17-42)25-18-23(3)29-31(46-25)32(43)37(7)27-11-10-26-35(4,5)28(47-33(44)40-24-19-41(8)20-24)12-13-38(26)21-39(27,38)15-14-36(29,37)6/h22-32,43H,9-21H2,1-8H3,(H,40,44)/t23-,25-,26+,27+,28+,29+,30-,31+,32+,36-,37-,38-,39+/m1/s1. The zero-order valence-electron chi connectivity index (χ0n) is 30.9. The molecule has 2 amide bonds. The first kappa shape index (κ1) is 33.6. The Labute approximate surface area is 288 Å². The molecule has 3 saturated heterocycles. The Balaban J connectivity index is 1.01. The number of carbonyl (C=O) groups excluding carboxylic acids is 2. The SMILES string of the molecule is CC(C)[C@@H](OC(=O)N1CCC1)[C@H]1C[C@@H](C)[C@H]2[C@H](O1)[C@H](O)[C@@]1(C)[C@@H]3CC[C@H]4C(C)(C)[C@@H](OC(=O)NC5CN(C)C5)CC[C@@]45C[C@@]35CC[C@]21C. The Morgan fingerprint density at radius 2 is 1.67 bits per heavy atom. The number of nitrogens with one attached hydrogen (secondary N) is 1. The van der Waals surface area contributed by atoms with Crippen molar-refractivity contribution in [2.24, 2.45) is 56.7 Å². The predicted octanol–water partition coefficient (Wildman–Crippen LogP) is 6.08. The van der Waals surface area contributed by atoms with Crippen LogP contribution in [-0.4, -0.2) is 96.9 Å². The van der Waals surface area contributed by atoms with E-state index in [1.54, 1.807) is 4.90 Å². The largest absolute Gasteiger partial charge is 0.446 e. The number of aliphatic hydroxyl groups is 1. The van der Waals surface area contributed by atoms with Crippen molar-refractivity contribution in [2.45, 2.75) is 143 Å². The van der Waals surface area contributed by atoms with Gasteiger partial charge in [0.25, 0.3) is 0 Å². The number of rotatable bonds is 5. The molecule has 0 aromatic rings. The second kappa shape index (κ2) is 11.0. The van der Waals surface area contributed by atoms with Crippen LogP contribution >= 0.6 is 0 Å². The summed E-state index contributed by atoms with van der Waals surface area (Å²) in [7, 11) is 2.07. The topological polar surface area (TPSA) is 101 Å². The average molecular weight is 670 g/mol. The van der Waals surface area contributed by atoms with Crippen LogP contribution in [0.4, 0.5) is 9.59 Å². The highest BCUT2D eigenvalue weighted by Crippen LogP contribution is 2.89. The Morgan fingerprint density at radius 3 is 2.31 bits per heavy atom. The Hall–Kier alpha value is -1.58. The number of hydrogen-bond acceptors (Lipinski definition) is 7.